The van der Waals surface area contributed by atoms with E-state index in [0.29, 0.717) is 23.6 Å². The standard InChI is InChI=1S/C18H19ClN4O4S/c19-12-5-3-11(4-6-12)18(26,28)9-14-20-15(27-21-14)10-23-16(24)8-13-2-1-7-22(13)17(23)25/h3-6,13,26,28H,1-2,7-10H2/t13-,18-/m1/s1. The summed E-state index contributed by atoms with van der Waals surface area (Å²) in [6.07, 6.45) is 2.08. The number of imide groups is 1. The monoisotopic (exact) mass is 422 g/mol. The van der Waals surface area contributed by atoms with E-state index in [9.17, 15) is 14.7 Å². The Labute approximate surface area is 171 Å². The number of benzene rings is 1. The highest BCUT2D eigenvalue weighted by Gasteiger charge is 2.41. The normalized spacial score (nSPS) is 21.8. The molecule has 2 atom stereocenters. The van der Waals surface area contributed by atoms with E-state index in [4.69, 9.17) is 16.1 Å². The van der Waals surface area contributed by atoms with Gasteiger partial charge >= 0.3 is 6.03 Å². The fraction of sp³-hybridized carbons (Fsp3) is 0.444. The summed E-state index contributed by atoms with van der Waals surface area (Å²) in [6, 6.07) is 6.32. The number of halogens is 1. The SMILES string of the molecule is O=C1C[C@H]2CCCN2C(=O)N1Cc1nc(C[C@@](O)(S)c2ccc(Cl)cc2)no1. The molecular formula is C18H19ClN4O4S. The van der Waals surface area contributed by atoms with Crippen LogP contribution in [0.2, 0.25) is 5.02 Å². The number of hydrogen-bond acceptors (Lipinski definition) is 7. The van der Waals surface area contributed by atoms with Gasteiger partial charge in [0.15, 0.2) is 5.82 Å². The van der Waals surface area contributed by atoms with Crippen LogP contribution < -0.4 is 0 Å². The molecule has 0 radical (unpaired) electrons. The number of carbonyl (C=O) groups excluding carboxylic acids is 2. The van der Waals surface area contributed by atoms with Crippen molar-refractivity contribution in [2.75, 3.05) is 6.54 Å². The van der Waals surface area contributed by atoms with Crippen molar-refractivity contribution in [2.45, 2.75) is 43.2 Å². The van der Waals surface area contributed by atoms with Crippen LogP contribution in [-0.2, 0) is 22.7 Å². The average molecular weight is 423 g/mol. The smallest absolute Gasteiger partial charge is 0.327 e. The summed E-state index contributed by atoms with van der Waals surface area (Å²) in [7, 11) is 0. The van der Waals surface area contributed by atoms with Crippen molar-refractivity contribution in [3.8, 4) is 0 Å². The van der Waals surface area contributed by atoms with E-state index >= 15 is 0 Å². The molecule has 2 aliphatic rings. The fourth-order valence-corrected chi connectivity index (χ4v) is 4.05. The lowest BCUT2D eigenvalue weighted by Gasteiger charge is -2.35. The van der Waals surface area contributed by atoms with Gasteiger partial charge in [0.25, 0.3) is 0 Å². The van der Waals surface area contributed by atoms with Gasteiger partial charge in [0, 0.05) is 24.0 Å². The van der Waals surface area contributed by atoms with E-state index in [-0.39, 0.29) is 42.7 Å². The van der Waals surface area contributed by atoms with Gasteiger partial charge in [-0.1, -0.05) is 28.9 Å². The first-order chi connectivity index (χ1) is 13.3. The number of fused-ring (bicyclic) bond motifs is 1. The highest BCUT2D eigenvalue weighted by Crippen LogP contribution is 2.30. The number of rotatable bonds is 5. The summed E-state index contributed by atoms with van der Waals surface area (Å²) in [5, 5.41) is 15.0. The third-order valence-electron chi connectivity index (χ3n) is 5.08. The van der Waals surface area contributed by atoms with E-state index in [2.05, 4.69) is 22.8 Å². The Kier molecular flexibility index (Phi) is 5.07. The molecule has 28 heavy (non-hydrogen) atoms. The largest absolute Gasteiger partial charge is 0.375 e. The Hall–Kier alpha value is -2.10. The van der Waals surface area contributed by atoms with Crippen LogP contribution in [0.3, 0.4) is 0 Å². The molecule has 2 aliphatic heterocycles. The number of thiol groups is 1. The van der Waals surface area contributed by atoms with E-state index in [1.54, 1.807) is 29.2 Å². The van der Waals surface area contributed by atoms with Crippen molar-refractivity contribution in [3.63, 3.8) is 0 Å². The Morgan fingerprint density at radius 2 is 2.07 bits per heavy atom. The van der Waals surface area contributed by atoms with Gasteiger partial charge < -0.3 is 14.5 Å². The lowest BCUT2D eigenvalue weighted by atomic mass is 10.1. The Morgan fingerprint density at radius 3 is 2.82 bits per heavy atom. The molecule has 8 nitrogen and oxygen atoms in total. The molecule has 0 bridgehead atoms. The Bertz CT molecular complexity index is 901. The maximum Gasteiger partial charge on any atom is 0.327 e. The Morgan fingerprint density at radius 1 is 1.32 bits per heavy atom. The predicted octanol–water partition coefficient (Wildman–Crippen LogP) is 2.36. The van der Waals surface area contributed by atoms with Gasteiger partial charge in [0.1, 0.15) is 11.5 Å². The van der Waals surface area contributed by atoms with Crippen LogP contribution in [-0.4, -0.2) is 49.6 Å². The lowest BCUT2D eigenvalue weighted by Crippen LogP contribution is -2.54. The minimum absolute atomic E-state index is 0.00746. The topological polar surface area (TPSA) is 99.8 Å². The van der Waals surface area contributed by atoms with Gasteiger partial charge in [-0.05, 0) is 30.5 Å². The molecule has 0 unspecified atom stereocenters. The second-order valence-corrected chi connectivity index (χ2v) is 8.24. The van der Waals surface area contributed by atoms with Gasteiger partial charge in [-0.2, -0.15) is 4.98 Å². The van der Waals surface area contributed by atoms with Crippen LogP contribution in [0.15, 0.2) is 28.8 Å². The van der Waals surface area contributed by atoms with Gasteiger partial charge in [0.05, 0.1) is 6.42 Å². The molecule has 4 rings (SSSR count). The minimum atomic E-state index is -1.52. The molecule has 0 spiro atoms. The van der Waals surface area contributed by atoms with Crippen LogP contribution in [0.25, 0.3) is 0 Å². The van der Waals surface area contributed by atoms with Crippen LogP contribution in [0.4, 0.5) is 4.79 Å². The molecule has 2 saturated heterocycles. The molecule has 2 fully saturated rings. The highest BCUT2D eigenvalue weighted by atomic mass is 35.5. The molecule has 2 aromatic rings. The molecule has 1 aromatic carbocycles. The summed E-state index contributed by atoms with van der Waals surface area (Å²) in [5.74, 6) is 0.118. The minimum Gasteiger partial charge on any atom is -0.375 e. The zero-order chi connectivity index (χ0) is 19.9. The highest BCUT2D eigenvalue weighted by molar-refractivity contribution is 7.81. The second kappa shape index (κ2) is 7.38. The number of urea groups is 1. The van der Waals surface area contributed by atoms with E-state index in [0.717, 1.165) is 17.7 Å². The maximum absolute atomic E-state index is 12.5. The number of aromatic nitrogens is 2. The molecule has 1 aromatic heterocycles. The second-order valence-electron chi connectivity index (χ2n) is 7.06. The van der Waals surface area contributed by atoms with Crippen LogP contribution in [0.1, 0.15) is 36.5 Å². The van der Waals surface area contributed by atoms with Crippen molar-refractivity contribution < 1.29 is 19.2 Å². The molecule has 10 heteroatoms. The van der Waals surface area contributed by atoms with Crippen molar-refractivity contribution in [1.29, 1.82) is 0 Å². The van der Waals surface area contributed by atoms with Gasteiger partial charge in [-0.15, -0.1) is 12.6 Å². The van der Waals surface area contributed by atoms with Crippen molar-refractivity contribution >= 4 is 36.2 Å². The first-order valence-electron chi connectivity index (χ1n) is 8.97. The molecule has 0 aliphatic carbocycles. The summed E-state index contributed by atoms with van der Waals surface area (Å²) in [6.45, 7) is 0.579. The van der Waals surface area contributed by atoms with E-state index in [1.807, 2.05) is 0 Å². The van der Waals surface area contributed by atoms with Gasteiger partial charge in [0.2, 0.25) is 11.8 Å². The van der Waals surface area contributed by atoms with Gasteiger partial charge in [-0.25, -0.2) is 4.79 Å². The number of amides is 3. The van der Waals surface area contributed by atoms with Crippen LogP contribution in [0.5, 0.6) is 0 Å². The molecule has 3 amide bonds. The molecule has 3 heterocycles. The zero-order valence-corrected chi connectivity index (χ0v) is 16.6. The molecule has 0 saturated carbocycles. The van der Waals surface area contributed by atoms with Crippen molar-refractivity contribution in [2.24, 2.45) is 0 Å². The first kappa shape index (κ1) is 19.2. The summed E-state index contributed by atoms with van der Waals surface area (Å²) < 4.78 is 5.18. The Balaban J connectivity index is 1.45. The summed E-state index contributed by atoms with van der Waals surface area (Å²) >= 11 is 10.2. The van der Waals surface area contributed by atoms with Crippen molar-refractivity contribution in [3.05, 3.63) is 46.6 Å². The lowest BCUT2D eigenvalue weighted by molar-refractivity contribution is -0.132. The summed E-state index contributed by atoms with van der Waals surface area (Å²) in [5.41, 5.74) is 0.535. The number of nitrogens with zero attached hydrogens (tertiary/aromatic N) is 4. The van der Waals surface area contributed by atoms with Gasteiger partial charge in [-0.3, -0.25) is 9.69 Å². The predicted molar refractivity (Wildman–Crippen MR) is 103 cm³/mol. The fourth-order valence-electron chi connectivity index (χ4n) is 3.63. The quantitative estimate of drug-likeness (QED) is 0.566. The van der Waals surface area contributed by atoms with Crippen LogP contribution >= 0.6 is 24.2 Å². The third kappa shape index (κ3) is 3.74. The molecule has 148 valence electrons. The van der Waals surface area contributed by atoms with E-state index < -0.39 is 4.93 Å². The number of hydrogen-bond donors (Lipinski definition) is 2. The molecular weight excluding hydrogens is 404 g/mol. The molecule has 1 N–H and O–H groups in total. The van der Waals surface area contributed by atoms with Crippen molar-refractivity contribution in [1.82, 2.24) is 19.9 Å². The zero-order valence-electron chi connectivity index (χ0n) is 14.9. The third-order valence-corrected chi connectivity index (χ3v) is 5.75. The first-order valence-corrected chi connectivity index (χ1v) is 9.79. The van der Waals surface area contributed by atoms with E-state index in [1.165, 1.54) is 0 Å². The van der Waals surface area contributed by atoms with Crippen LogP contribution in [0, 0.1) is 0 Å². The number of aliphatic hydroxyl groups is 1. The maximum atomic E-state index is 12.5. The summed E-state index contributed by atoms with van der Waals surface area (Å²) in [4.78, 5) is 30.4. The number of carbonyl (C=O) groups is 2. The average Bonchev–Trinajstić information content (AvgIpc) is 3.28.